The van der Waals surface area contributed by atoms with Gasteiger partial charge in [-0.2, -0.15) is 13.2 Å². The summed E-state index contributed by atoms with van der Waals surface area (Å²) in [4.78, 5) is 4.26. The Kier molecular flexibility index (Phi) is 7.68. The number of fused-ring (bicyclic) bond motifs is 6. The Balaban J connectivity index is 1.57. The molecule has 0 fully saturated rings. The van der Waals surface area contributed by atoms with E-state index in [-0.39, 0.29) is 22.1 Å². The zero-order valence-electron chi connectivity index (χ0n) is 30.9. The maximum atomic E-state index is 14.9. The maximum absolute atomic E-state index is 14.9. The Morgan fingerprint density at radius 3 is 1.58 bits per heavy atom. The third-order valence-electron chi connectivity index (χ3n) is 10.6. The van der Waals surface area contributed by atoms with Gasteiger partial charge >= 0.3 is 6.18 Å². The van der Waals surface area contributed by atoms with Crippen LogP contribution in [-0.2, 0) is 17.0 Å². The van der Waals surface area contributed by atoms with Crippen molar-refractivity contribution >= 4 is 49.3 Å². The Morgan fingerprint density at radius 1 is 0.547 bits per heavy atom. The summed E-state index contributed by atoms with van der Waals surface area (Å²) in [5.41, 5.74) is 7.06. The highest BCUT2D eigenvalue weighted by atomic mass is 19.4. The number of rotatable bonds is 3. The summed E-state index contributed by atoms with van der Waals surface area (Å²) in [6.45, 7) is 23.6. The number of hydrogen-bond acceptors (Lipinski definition) is 0. The molecule has 0 saturated heterocycles. The van der Waals surface area contributed by atoms with Gasteiger partial charge in [0.2, 0.25) is 5.69 Å². The minimum Gasteiger partial charge on any atom is -0.319 e. The van der Waals surface area contributed by atoms with Crippen LogP contribution in [0.1, 0.15) is 63.8 Å². The van der Waals surface area contributed by atoms with Crippen molar-refractivity contribution in [2.75, 3.05) is 0 Å². The van der Waals surface area contributed by atoms with Crippen LogP contribution in [-0.4, -0.2) is 9.13 Å². The van der Waals surface area contributed by atoms with Gasteiger partial charge in [0.25, 0.3) is 0 Å². The monoisotopic (exact) mass is 703 g/mol. The Labute approximate surface area is 307 Å². The van der Waals surface area contributed by atoms with E-state index >= 15 is 0 Å². The van der Waals surface area contributed by atoms with Crippen LogP contribution in [0.5, 0.6) is 0 Å². The smallest absolute Gasteiger partial charge is 0.319 e. The number of para-hydroxylation sites is 2. The van der Waals surface area contributed by atoms with Gasteiger partial charge in [-0.15, -0.1) is 0 Å². The first-order chi connectivity index (χ1) is 25.1. The van der Waals surface area contributed by atoms with E-state index in [4.69, 9.17) is 6.57 Å². The second-order valence-electron chi connectivity index (χ2n) is 16.1. The fourth-order valence-electron chi connectivity index (χ4n) is 7.93. The van der Waals surface area contributed by atoms with Crippen LogP contribution in [0.3, 0.4) is 0 Å². The number of benzene rings is 6. The molecule has 53 heavy (non-hydrogen) atoms. The van der Waals surface area contributed by atoms with Gasteiger partial charge in [-0.1, -0.05) is 108 Å². The summed E-state index contributed by atoms with van der Waals surface area (Å²) in [6, 6.07) is 36.8. The van der Waals surface area contributed by atoms with E-state index in [1.165, 1.54) is 11.6 Å². The lowest BCUT2D eigenvalue weighted by Gasteiger charge is -2.23. The van der Waals surface area contributed by atoms with Gasteiger partial charge in [-0.3, -0.25) is 0 Å². The molecule has 0 radical (unpaired) electrons. The van der Waals surface area contributed by atoms with Crippen LogP contribution in [0.25, 0.3) is 71.0 Å². The lowest BCUT2D eigenvalue weighted by Crippen LogP contribution is -2.11. The second kappa shape index (κ2) is 11.9. The summed E-state index contributed by atoms with van der Waals surface area (Å²) in [5.74, 6) is 0. The molecule has 6 aromatic carbocycles. The predicted octanol–water partition coefficient (Wildman–Crippen LogP) is 14.0. The fraction of sp³-hybridized carbons (Fsp3) is 0.213. The number of hydrogen-bond donors (Lipinski definition) is 0. The fourth-order valence-corrected chi connectivity index (χ4v) is 7.93. The van der Waals surface area contributed by atoms with Crippen LogP contribution in [0.4, 0.5) is 18.9 Å². The first kappa shape index (κ1) is 34.3. The zero-order chi connectivity index (χ0) is 37.6. The summed E-state index contributed by atoms with van der Waals surface area (Å²) < 4.78 is 48.9. The van der Waals surface area contributed by atoms with E-state index in [1.54, 1.807) is 19.1 Å². The van der Waals surface area contributed by atoms with Crippen molar-refractivity contribution in [1.29, 1.82) is 0 Å². The summed E-state index contributed by atoms with van der Waals surface area (Å²) in [6.07, 6.45) is -4.62. The Morgan fingerprint density at radius 2 is 1.06 bits per heavy atom. The van der Waals surface area contributed by atoms with Crippen molar-refractivity contribution < 1.29 is 13.2 Å². The molecule has 0 amide bonds. The topological polar surface area (TPSA) is 14.2 Å². The van der Waals surface area contributed by atoms with E-state index in [0.29, 0.717) is 22.5 Å². The lowest BCUT2D eigenvalue weighted by molar-refractivity contribution is -0.137. The van der Waals surface area contributed by atoms with E-state index in [9.17, 15) is 13.2 Å². The molecule has 0 aliphatic heterocycles. The molecule has 6 heteroatoms. The number of halogens is 3. The standard InChI is InChI=1S/C47H40F3N3/c1-28-14-13-17-36(47(48,49)50)42(28)33-22-25-41(52-37-18-11-9-15-31(37)34-26-29(45(2,3)4)20-23-39(34)52)43(51-8)44(33)53-38-19-12-10-16-32(38)35-27-30(46(5,6)7)21-24-40(35)53/h9-27H,1-7H3. The van der Waals surface area contributed by atoms with Crippen molar-refractivity contribution in [1.82, 2.24) is 9.13 Å². The van der Waals surface area contributed by atoms with Crippen molar-refractivity contribution in [3.05, 3.63) is 149 Å². The molecule has 0 spiro atoms. The zero-order valence-corrected chi connectivity index (χ0v) is 30.9. The third kappa shape index (κ3) is 5.41. The molecule has 3 nitrogen and oxygen atoms in total. The second-order valence-corrected chi connectivity index (χ2v) is 16.1. The van der Waals surface area contributed by atoms with Crippen molar-refractivity contribution in [2.45, 2.75) is 65.5 Å². The molecule has 0 unspecified atom stereocenters. The maximum Gasteiger partial charge on any atom is 0.417 e. The average molecular weight is 704 g/mol. The third-order valence-corrected chi connectivity index (χ3v) is 10.6. The van der Waals surface area contributed by atoms with Crippen molar-refractivity contribution in [3.8, 4) is 22.5 Å². The summed E-state index contributed by atoms with van der Waals surface area (Å²) >= 11 is 0. The van der Waals surface area contributed by atoms with Crippen LogP contribution in [0.2, 0.25) is 0 Å². The predicted molar refractivity (Wildman–Crippen MR) is 214 cm³/mol. The molecule has 8 aromatic rings. The average Bonchev–Trinajstić information content (AvgIpc) is 3.62. The van der Waals surface area contributed by atoms with Gasteiger partial charge in [0.05, 0.1) is 45.6 Å². The highest BCUT2D eigenvalue weighted by Gasteiger charge is 2.36. The summed E-state index contributed by atoms with van der Waals surface area (Å²) in [5, 5.41) is 4.04. The first-order valence-electron chi connectivity index (χ1n) is 17.9. The van der Waals surface area contributed by atoms with Crippen LogP contribution < -0.4 is 0 Å². The highest BCUT2D eigenvalue weighted by Crippen LogP contribution is 2.49. The minimum absolute atomic E-state index is 0.0701. The van der Waals surface area contributed by atoms with Gasteiger partial charge in [0, 0.05) is 21.5 Å². The highest BCUT2D eigenvalue weighted by molar-refractivity contribution is 6.13. The van der Waals surface area contributed by atoms with Crippen molar-refractivity contribution in [2.24, 2.45) is 0 Å². The van der Waals surface area contributed by atoms with Gasteiger partial charge < -0.3 is 9.13 Å². The minimum atomic E-state index is -4.62. The molecule has 0 saturated carbocycles. The van der Waals surface area contributed by atoms with Gasteiger partial charge in [0.15, 0.2) is 0 Å². The molecule has 0 aliphatic carbocycles. The molecule has 0 aliphatic rings. The molecular weight excluding hydrogens is 664 g/mol. The summed E-state index contributed by atoms with van der Waals surface area (Å²) in [7, 11) is 0. The molecule has 8 rings (SSSR count). The Bertz CT molecular complexity index is 2810. The van der Waals surface area contributed by atoms with Gasteiger partial charge in [-0.25, -0.2) is 4.85 Å². The molecule has 0 N–H and O–H groups in total. The van der Waals surface area contributed by atoms with Crippen LogP contribution in [0.15, 0.2) is 115 Å². The van der Waals surface area contributed by atoms with E-state index < -0.39 is 11.7 Å². The van der Waals surface area contributed by atoms with Crippen LogP contribution in [0, 0.1) is 13.5 Å². The number of alkyl halides is 3. The lowest BCUT2D eigenvalue weighted by atomic mass is 9.86. The first-order valence-corrected chi connectivity index (χ1v) is 17.9. The largest absolute Gasteiger partial charge is 0.417 e. The quantitative estimate of drug-likeness (QED) is 0.163. The Hall–Kier alpha value is -5.80. The van der Waals surface area contributed by atoms with E-state index in [1.807, 2.05) is 47.0 Å². The molecule has 0 atom stereocenters. The van der Waals surface area contributed by atoms with E-state index in [2.05, 4.69) is 99.5 Å². The molecular formula is C47H40F3N3. The molecule has 2 aromatic heterocycles. The van der Waals surface area contributed by atoms with Crippen LogP contribution >= 0.6 is 0 Å². The normalized spacial score (nSPS) is 12.7. The van der Waals surface area contributed by atoms with Gasteiger partial charge in [-0.05, 0) is 94.1 Å². The number of nitrogens with zero attached hydrogens (tertiary/aromatic N) is 3. The SMILES string of the molecule is [C-]#[N+]c1c(-n2c3ccccc3c3cc(C(C)(C)C)ccc32)ccc(-c2c(C)cccc2C(F)(F)F)c1-n1c2ccccc2c2cc(C(C)(C)C)ccc21. The number of aryl methyl sites for hydroxylation is 1. The molecule has 2 heterocycles. The van der Waals surface area contributed by atoms with E-state index in [0.717, 1.165) is 55.2 Å². The number of aromatic nitrogens is 2. The van der Waals surface area contributed by atoms with Crippen molar-refractivity contribution in [3.63, 3.8) is 0 Å². The van der Waals surface area contributed by atoms with Gasteiger partial charge in [0.1, 0.15) is 0 Å². The molecule has 264 valence electrons. The molecule has 0 bridgehead atoms.